The van der Waals surface area contributed by atoms with Gasteiger partial charge in [0.2, 0.25) is 0 Å². The summed E-state index contributed by atoms with van der Waals surface area (Å²) < 4.78 is 4.81. The fourth-order valence-corrected chi connectivity index (χ4v) is 6.78. The number of carbonyl (C=O) groups excluding carboxylic acids is 2. The second kappa shape index (κ2) is 9.05. The number of carboxylic acid groups (broad SMARTS) is 1. The van der Waals surface area contributed by atoms with Gasteiger partial charge in [-0.05, 0) is 24.0 Å². The Balaban J connectivity index is 1.48. The smallest absolute Gasteiger partial charge is 0.352 e. The van der Waals surface area contributed by atoms with Gasteiger partial charge in [0.05, 0.1) is 0 Å². The van der Waals surface area contributed by atoms with Gasteiger partial charge in [0.1, 0.15) is 28.6 Å². The molecular formula is C16H15N7O5S4. The summed E-state index contributed by atoms with van der Waals surface area (Å²) in [5, 5.41) is 25.5. The van der Waals surface area contributed by atoms with Crippen LogP contribution in [0.25, 0.3) is 0 Å². The van der Waals surface area contributed by atoms with Crippen LogP contribution in [-0.4, -0.2) is 76.0 Å². The third-order valence-electron chi connectivity index (χ3n) is 4.49. The molecule has 2 aliphatic rings. The maximum absolute atomic E-state index is 12.8. The minimum absolute atomic E-state index is 0.0739. The Morgan fingerprint density at radius 2 is 2.22 bits per heavy atom. The topological polar surface area (TPSA) is 184 Å². The van der Waals surface area contributed by atoms with Crippen molar-refractivity contribution in [1.82, 2.24) is 24.6 Å². The lowest BCUT2D eigenvalue weighted by atomic mass is 10.0. The number of thiazole rings is 1. The zero-order valence-corrected chi connectivity index (χ0v) is 19.5. The van der Waals surface area contributed by atoms with Crippen LogP contribution in [-0.2, 0) is 14.4 Å². The molecule has 2 atom stereocenters. The number of nitrogens with one attached hydrogen (secondary N) is 1. The van der Waals surface area contributed by atoms with Crippen LogP contribution in [0.15, 0.2) is 26.1 Å². The van der Waals surface area contributed by atoms with E-state index >= 15 is 0 Å². The van der Waals surface area contributed by atoms with Crippen LogP contribution in [0.1, 0.15) is 11.5 Å². The number of anilines is 1. The van der Waals surface area contributed by atoms with E-state index in [2.05, 4.69) is 24.8 Å². The van der Waals surface area contributed by atoms with Crippen molar-refractivity contribution in [2.75, 3.05) is 17.2 Å². The summed E-state index contributed by atoms with van der Waals surface area (Å²) in [4.78, 5) is 46.6. The molecule has 1 fully saturated rings. The number of aromatic nitrogens is 3. The van der Waals surface area contributed by atoms with Gasteiger partial charge in [-0.2, -0.15) is 4.37 Å². The fraction of sp³-hybridized carbons (Fsp3) is 0.312. The van der Waals surface area contributed by atoms with E-state index in [9.17, 15) is 24.7 Å². The first-order valence-electron chi connectivity index (χ1n) is 8.87. The first-order chi connectivity index (χ1) is 15.3. The molecule has 2 aliphatic heterocycles. The number of nitrogens with two attached hydrogens (primary N) is 1. The minimum atomic E-state index is -1.21. The predicted octanol–water partition coefficient (Wildman–Crippen LogP) is 0.594. The molecule has 168 valence electrons. The molecule has 1 saturated heterocycles. The van der Waals surface area contributed by atoms with E-state index in [1.807, 2.05) is 0 Å². The van der Waals surface area contributed by atoms with Gasteiger partial charge in [0, 0.05) is 16.9 Å². The number of rotatable bonds is 7. The summed E-state index contributed by atoms with van der Waals surface area (Å²) in [6, 6.07) is -0.963. The van der Waals surface area contributed by atoms with Gasteiger partial charge in [0.25, 0.3) is 11.8 Å². The Hall–Kier alpha value is -2.69. The second-order valence-electron chi connectivity index (χ2n) is 6.53. The summed E-state index contributed by atoms with van der Waals surface area (Å²) in [5.74, 6) is -1.22. The van der Waals surface area contributed by atoms with Crippen LogP contribution in [0.4, 0.5) is 5.13 Å². The zero-order valence-electron chi connectivity index (χ0n) is 16.2. The number of β-lactam (4-membered cyclic amide) rings is 1. The molecule has 2 unspecified atom stereocenters. The van der Waals surface area contributed by atoms with Crippen molar-refractivity contribution >= 4 is 75.0 Å². The van der Waals surface area contributed by atoms with Crippen LogP contribution in [0, 0.1) is 6.92 Å². The van der Waals surface area contributed by atoms with Gasteiger partial charge in [0.15, 0.2) is 15.2 Å². The van der Waals surface area contributed by atoms with E-state index < -0.39 is 29.2 Å². The van der Waals surface area contributed by atoms with Crippen LogP contribution < -0.4 is 11.1 Å². The summed E-state index contributed by atoms with van der Waals surface area (Å²) in [6.45, 7) is 1.77. The van der Waals surface area contributed by atoms with Crippen molar-refractivity contribution in [1.29, 1.82) is 0 Å². The van der Waals surface area contributed by atoms with Gasteiger partial charge < -0.3 is 21.4 Å². The van der Waals surface area contributed by atoms with Crippen molar-refractivity contribution in [2.24, 2.45) is 5.16 Å². The normalized spacial score (nSPS) is 20.7. The molecule has 0 bridgehead atoms. The number of hydrogen-bond donors (Lipinski definition) is 4. The van der Waals surface area contributed by atoms with E-state index in [-0.39, 0.29) is 22.2 Å². The number of nitrogen functional groups attached to an aromatic ring is 1. The number of nitrogens with zero attached hydrogens (tertiary/aromatic N) is 5. The summed E-state index contributed by atoms with van der Waals surface area (Å²) >= 11 is 5.00. The lowest BCUT2D eigenvalue weighted by Crippen LogP contribution is -2.71. The number of aryl methyl sites for hydroxylation is 1. The number of amides is 2. The molecule has 5 N–H and O–H groups in total. The van der Waals surface area contributed by atoms with Crippen LogP contribution in [0.3, 0.4) is 0 Å². The van der Waals surface area contributed by atoms with Crippen LogP contribution in [0.5, 0.6) is 0 Å². The van der Waals surface area contributed by atoms with E-state index in [1.54, 1.807) is 6.92 Å². The van der Waals surface area contributed by atoms with Crippen molar-refractivity contribution in [2.45, 2.75) is 22.7 Å². The second-order valence-corrected chi connectivity index (χ2v) is 10.5. The van der Waals surface area contributed by atoms with E-state index in [0.717, 1.165) is 11.3 Å². The van der Waals surface area contributed by atoms with E-state index in [1.165, 1.54) is 45.3 Å². The Bertz CT molecular complexity index is 1160. The molecule has 0 saturated carbocycles. The number of oxime groups is 1. The number of fused-ring (bicyclic) bond motifs is 1. The highest BCUT2D eigenvalue weighted by Gasteiger charge is 2.54. The Kier molecular flexibility index (Phi) is 6.36. The largest absolute Gasteiger partial charge is 0.477 e. The molecule has 2 amide bonds. The molecule has 12 nitrogen and oxygen atoms in total. The SMILES string of the molecule is Cc1nsc(SCC2=C(C(=O)O)N3C(=O)C(NC(=O)/C(=N/O)c4csc(N)n4)C3SC2)n1. The standard InChI is InChI=1S/C16H15N7O5S4/c1-5-18-16(32-22-5)31-3-6-2-29-13-9(12(25)23(13)10(6)14(26)27)20-11(24)8(21-28)7-4-30-15(17)19-7/h4,9,13,28H,2-3H2,1H3,(H2,17,19)(H,20,24)(H,26,27)/b21-8+. The molecule has 0 aliphatic carbocycles. The number of thioether (sulfide) groups is 2. The molecule has 32 heavy (non-hydrogen) atoms. The summed E-state index contributed by atoms with van der Waals surface area (Å²) in [6.07, 6.45) is 0. The van der Waals surface area contributed by atoms with Gasteiger partial charge in [-0.1, -0.05) is 16.9 Å². The highest BCUT2D eigenvalue weighted by Crippen LogP contribution is 2.41. The maximum Gasteiger partial charge on any atom is 0.352 e. The Labute approximate surface area is 197 Å². The molecule has 4 rings (SSSR count). The van der Waals surface area contributed by atoms with Gasteiger partial charge in [-0.3, -0.25) is 14.5 Å². The quantitative estimate of drug-likeness (QED) is 0.134. The predicted molar refractivity (Wildman–Crippen MR) is 120 cm³/mol. The molecule has 16 heteroatoms. The number of hydrogen-bond acceptors (Lipinski definition) is 13. The average molecular weight is 514 g/mol. The molecule has 0 aromatic carbocycles. The summed E-state index contributed by atoms with van der Waals surface area (Å²) in [7, 11) is 0. The molecule has 0 radical (unpaired) electrons. The number of carbonyl (C=O) groups is 3. The highest BCUT2D eigenvalue weighted by molar-refractivity contribution is 8.01. The maximum atomic E-state index is 12.8. The molecular weight excluding hydrogens is 498 g/mol. The van der Waals surface area contributed by atoms with Crippen LogP contribution >= 0.6 is 46.4 Å². The third-order valence-corrected chi connectivity index (χ3v) is 8.52. The third kappa shape index (κ3) is 4.17. The lowest BCUT2D eigenvalue weighted by Gasteiger charge is -2.49. The van der Waals surface area contributed by atoms with Crippen molar-refractivity contribution in [3.63, 3.8) is 0 Å². The van der Waals surface area contributed by atoms with Gasteiger partial charge in [-0.25, -0.2) is 14.8 Å². The van der Waals surface area contributed by atoms with Crippen molar-refractivity contribution in [3.8, 4) is 0 Å². The highest BCUT2D eigenvalue weighted by atomic mass is 32.2. The first-order valence-corrected chi connectivity index (χ1v) is 12.6. The molecule has 4 heterocycles. The van der Waals surface area contributed by atoms with Gasteiger partial charge >= 0.3 is 5.97 Å². The summed E-state index contributed by atoms with van der Waals surface area (Å²) in [5.41, 5.74) is 5.74. The van der Waals surface area contributed by atoms with Crippen molar-refractivity contribution in [3.05, 3.63) is 28.2 Å². The molecule has 2 aromatic heterocycles. The minimum Gasteiger partial charge on any atom is -0.477 e. The van der Waals surface area contributed by atoms with Crippen LogP contribution in [0.2, 0.25) is 0 Å². The lowest BCUT2D eigenvalue weighted by molar-refractivity contribution is -0.150. The fourth-order valence-electron chi connectivity index (χ4n) is 3.10. The zero-order chi connectivity index (χ0) is 23.0. The number of aliphatic carboxylic acids is 1. The average Bonchev–Trinajstić information content (AvgIpc) is 3.38. The van der Waals surface area contributed by atoms with Crippen molar-refractivity contribution < 1.29 is 24.7 Å². The monoisotopic (exact) mass is 513 g/mol. The molecule has 2 aromatic rings. The van der Waals surface area contributed by atoms with E-state index in [4.69, 9.17) is 5.73 Å². The Morgan fingerprint density at radius 3 is 2.81 bits per heavy atom. The molecule has 0 spiro atoms. The Morgan fingerprint density at radius 1 is 1.44 bits per heavy atom. The first kappa shape index (κ1) is 22.5. The van der Waals surface area contributed by atoms with E-state index in [0.29, 0.717) is 27.2 Å². The number of carboxylic acids is 1. The van der Waals surface area contributed by atoms with Gasteiger partial charge in [-0.15, -0.1) is 23.1 Å².